The first-order chi connectivity index (χ1) is 26.9. The predicted octanol–water partition coefficient (Wildman–Crippen LogP) is 6.73. The van der Waals surface area contributed by atoms with Gasteiger partial charge in [-0.3, -0.25) is 14.3 Å². The molecule has 2 aliphatic carbocycles. The molecule has 3 aliphatic heterocycles. The fourth-order valence-electron chi connectivity index (χ4n) is 9.21. The highest BCUT2D eigenvalue weighted by molar-refractivity contribution is 7.93. The quantitative estimate of drug-likeness (QED) is 0.327. The molecule has 0 radical (unpaired) electrons. The fraction of sp³-hybridized carbons (Fsp3) is 0.595. The van der Waals surface area contributed by atoms with Crippen LogP contribution < -0.4 is 14.4 Å². The van der Waals surface area contributed by atoms with E-state index in [0.29, 0.717) is 63.1 Å². The Bertz CT molecular complexity index is 1960. The highest BCUT2D eigenvalue weighted by atomic mass is 35.5. The van der Waals surface area contributed by atoms with E-state index in [1.165, 1.54) is 18.2 Å². The number of likely N-dealkylation sites (tertiary alicyclic amines) is 1. The van der Waals surface area contributed by atoms with Crippen LogP contribution in [-0.2, 0) is 40.8 Å². The predicted molar refractivity (Wildman–Crippen MR) is 216 cm³/mol. The molecule has 2 bridgehead atoms. The summed E-state index contributed by atoms with van der Waals surface area (Å²) < 4.78 is 45.3. The van der Waals surface area contributed by atoms with Crippen molar-refractivity contribution < 1.29 is 37.5 Å². The number of hydrogen-bond donors (Lipinski definition) is 1. The van der Waals surface area contributed by atoms with Crippen LogP contribution >= 0.6 is 11.6 Å². The lowest BCUT2D eigenvalue weighted by Crippen LogP contribution is -2.49. The van der Waals surface area contributed by atoms with Crippen LogP contribution in [0.3, 0.4) is 0 Å². The third kappa shape index (κ3) is 8.47. The number of aryl methyl sites for hydroxylation is 1. The Balaban J connectivity index is 1.20. The minimum absolute atomic E-state index is 0.0864. The van der Waals surface area contributed by atoms with Gasteiger partial charge in [0.1, 0.15) is 22.3 Å². The van der Waals surface area contributed by atoms with Crippen molar-refractivity contribution in [2.24, 2.45) is 22.1 Å². The van der Waals surface area contributed by atoms with Crippen molar-refractivity contribution in [2.45, 2.75) is 88.1 Å². The van der Waals surface area contributed by atoms with Gasteiger partial charge in [-0.1, -0.05) is 36.7 Å². The molecule has 3 amide bonds. The average molecular weight is 811 g/mol. The first-order valence-corrected chi connectivity index (χ1v) is 21.9. The first-order valence-electron chi connectivity index (χ1n) is 20.0. The summed E-state index contributed by atoms with van der Waals surface area (Å²) in [5.74, 6) is -0.136. The van der Waals surface area contributed by atoms with Gasteiger partial charge >= 0.3 is 6.09 Å². The third-order valence-corrected chi connectivity index (χ3v) is 15.5. The Morgan fingerprint density at radius 1 is 1.09 bits per heavy atom. The smallest absolute Gasteiger partial charge is 0.409 e. The number of hydrogen-bond acceptors (Lipinski definition) is 9. The molecule has 56 heavy (non-hydrogen) atoms. The average Bonchev–Trinajstić information content (AvgIpc) is 3.33. The van der Waals surface area contributed by atoms with Crippen molar-refractivity contribution in [3.8, 4) is 5.75 Å². The molecule has 1 unspecified atom stereocenters. The maximum absolute atomic E-state index is 14.9. The summed E-state index contributed by atoms with van der Waals surface area (Å²) in [6, 6.07) is 11.5. The van der Waals surface area contributed by atoms with Gasteiger partial charge in [0.15, 0.2) is 0 Å². The maximum Gasteiger partial charge on any atom is 0.409 e. The number of nitrogens with zero attached hydrogens (tertiary/aromatic N) is 3. The van der Waals surface area contributed by atoms with Crippen molar-refractivity contribution in [3.05, 3.63) is 70.3 Å². The van der Waals surface area contributed by atoms with Crippen molar-refractivity contribution >= 4 is 45.1 Å². The molecule has 14 heteroatoms. The number of carbonyl (C=O) groups excluding carboxylic acids is 3. The van der Waals surface area contributed by atoms with Gasteiger partial charge in [0.05, 0.1) is 36.9 Å². The zero-order valence-corrected chi connectivity index (χ0v) is 34.4. The van der Waals surface area contributed by atoms with Gasteiger partial charge in [-0.05, 0) is 118 Å². The Morgan fingerprint density at radius 3 is 2.62 bits per heavy atom. The number of halogens is 1. The van der Waals surface area contributed by atoms with Crippen LogP contribution in [0.15, 0.2) is 52.9 Å². The van der Waals surface area contributed by atoms with E-state index in [1.54, 1.807) is 25.0 Å². The van der Waals surface area contributed by atoms with Gasteiger partial charge in [0.25, 0.3) is 11.8 Å². The van der Waals surface area contributed by atoms with E-state index < -0.39 is 33.1 Å². The Morgan fingerprint density at radius 2 is 1.89 bits per heavy atom. The van der Waals surface area contributed by atoms with E-state index in [2.05, 4.69) is 38.3 Å². The summed E-state index contributed by atoms with van der Waals surface area (Å²) in [7, 11) is -0.542. The molecule has 304 valence electrons. The summed E-state index contributed by atoms with van der Waals surface area (Å²) >= 11 is 6.47. The summed E-state index contributed by atoms with van der Waals surface area (Å²) in [5, 5.41) is 0.0438. The molecule has 5 aliphatic rings. The number of ether oxygens (including phenoxy) is 4. The van der Waals surface area contributed by atoms with Crippen LogP contribution in [0.1, 0.15) is 80.3 Å². The third-order valence-electron chi connectivity index (χ3n) is 12.9. The zero-order chi connectivity index (χ0) is 39.6. The lowest BCUT2D eigenvalue weighted by Gasteiger charge is -2.46. The summed E-state index contributed by atoms with van der Waals surface area (Å²) in [6.07, 6.45) is 10.1. The van der Waals surface area contributed by atoms with Gasteiger partial charge in [0, 0.05) is 49.3 Å². The molecule has 2 aromatic rings. The number of allylic oxidation sites excluding steroid dienone is 1. The van der Waals surface area contributed by atoms with Crippen molar-refractivity contribution in [1.82, 2.24) is 9.62 Å². The Labute approximate surface area is 335 Å². The number of fused-ring (bicyclic) bond motifs is 4. The maximum atomic E-state index is 14.9. The fourth-order valence-corrected chi connectivity index (χ4v) is 11.3. The molecule has 2 aromatic carbocycles. The van der Waals surface area contributed by atoms with Crippen molar-refractivity contribution in [2.75, 3.05) is 58.5 Å². The van der Waals surface area contributed by atoms with Gasteiger partial charge in [-0.15, -0.1) is 4.36 Å². The lowest BCUT2D eigenvalue weighted by molar-refractivity contribution is -0.126. The van der Waals surface area contributed by atoms with Gasteiger partial charge in [-0.25, -0.2) is 9.00 Å². The second-order valence-corrected chi connectivity index (χ2v) is 19.0. The van der Waals surface area contributed by atoms with Crippen LogP contribution in [-0.4, -0.2) is 98.1 Å². The van der Waals surface area contributed by atoms with E-state index in [9.17, 15) is 18.6 Å². The number of carbonyl (C=O) groups is 3. The minimum Gasteiger partial charge on any atom is -0.490 e. The molecule has 12 nitrogen and oxygen atoms in total. The molecule has 3 heterocycles. The molecule has 2 fully saturated rings. The number of piperidine rings is 1. The van der Waals surface area contributed by atoms with E-state index >= 15 is 0 Å². The van der Waals surface area contributed by atoms with Crippen molar-refractivity contribution in [1.29, 1.82) is 0 Å². The highest BCUT2D eigenvalue weighted by Crippen LogP contribution is 2.47. The zero-order valence-electron chi connectivity index (χ0n) is 32.9. The summed E-state index contributed by atoms with van der Waals surface area (Å²) in [5.41, 5.74) is 3.30. The SMILES string of the molecule is COC(=O)N1CCC(OCC(=O)NS2(=O)=NC(=O)c3ccc4c(c3)N(C[C@@H]3CC[C@H]3[C@@H](OC)/C=C/C[C@H](C)[C@H]2C)C[C@@]2(CCCc3cc(Cl)ccc32)CO4)CC1. The van der Waals surface area contributed by atoms with E-state index in [4.69, 9.17) is 30.5 Å². The van der Waals surface area contributed by atoms with Gasteiger partial charge in [0.2, 0.25) is 0 Å². The molecule has 1 saturated carbocycles. The molecular formula is C42H55ClN4O8S. The number of rotatable bonds is 5. The summed E-state index contributed by atoms with van der Waals surface area (Å²) in [4.78, 5) is 43.5. The molecular weight excluding hydrogens is 756 g/mol. The number of methoxy groups -OCH3 is 2. The van der Waals surface area contributed by atoms with E-state index in [-0.39, 0.29) is 35.7 Å². The molecule has 7 atom stereocenters. The molecule has 1 spiro atoms. The number of benzene rings is 2. The molecule has 1 saturated heterocycles. The Kier molecular flexibility index (Phi) is 12.4. The first kappa shape index (κ1) is 40.5. The van der Waals surface area contributed by atoms with E-state index in [1.807, 2.05) is 25.1 Å². The van der Waals surface area contributed by atoms with Crippen molar-refractivity contribution in [3.63, 3.8) is 0 Å². The normalized spacial score (nSPS) is 31.4. The van der Waals surface area contributed by atoms with Crippen LogP contribution in [0.4, 0.5) is 10.5 Å². The van der Waals surface area contributed by atoms with Gasteiger partial charge in [-0.2, -0.15) is 0 Å². The lowest BCUT2D eigenvalue weighted by atomic mass is 9.68. The number of amides is 3. The molecule has 1 N–H and O–H groups in total. The second kappa shape index (κ2) is 17.1. The molecule has 7 rings (SSSR count). The Hall–Kier alpha value is -3.65. The topological polar surface area (TPSA) is 136 Å². The van der Waals surface area contributed by atoms with Crippen LogP contribution in [0.25, 0.3) is 0 Å². The van der Waals surface area contributed by atoms with Crippen LogP contribution in [0.2, 0.25) is 5.02 Å². The van der Waals surface area contributed by atoms with Crippen LogP contribution in [0.5, 0.6) is 5.75 Å². The number of nitrogens with one attached hydrogen (secondary N) is 1. The van der Waals surface area contributed by atoms with Crippen LogP contribution in [0, 0.1) is 17.8 Å². The minimum atomic E-state index is -3.64. The summed E-state index contributed by atoms with van der Waals surface area (Å²) in [6.45, 7) is 6.20. The highest BCUT2D eigenvalue weighted by Gasteiger charge is 2.44. The number of anilines is 1. The van der Waals surface area contributed by atoms with Gasteiger partial charge < -0.3 is 28.7 Å². The second-order valence-electron chi connectivity index (χ2n) is 16.3. The van der Waals surface area contributed by atoms with E-state index in [0.717, 1.165) is 49.4 Å². The standard InChI is InChI=1S/C42H55ClN4O8S/c1-27-7-5-9-37(52-3)34-13-10-31(34)23-47-25-42(18-6-8-29-21-32(43)12-14-35(29)42)26-55-38-15-11-30(22-36(38)47)40(49)45-56(51,28(27)2)44-39(48)24-54-33-16-19-46(20-17-33)41(50)53-4/h5,9,11-12,14-15,21-22,27-28,31,33-34,37H,6-8,10,13,16-20,23-26H2,1-4H3,(H,44,45,48,49,51)/b9-5+/t27-,28+,31-,34+,37-,42-,56?/m0/s1. The largest absolute Gasteiger partial charge is 0.490 e. The molecule has 0 aromatic heterocycles. The monoisotopic (exact) mass is 810 g/mol.